The van der Waals surface area contributed by atoms with Gasteiger partial charge in [-0.15, -0.1) is 0 Å². The molecule has 100 valence electrons. The van der Waals surface area contributed by atoms with Crippen molar-refractivity contribution in [3.8, 4) is 0 Å². The summed E-state index contributed by atoms with van der Waals surface area (Å²) in [5.41, 5.74) is 5.42. The van der Waals surface area contributed by atoms with Crippen LogP contribution >= 0.6 is 0 Å². The third-order valence-corrected chi connectivity index (χ3v) is 3.52. The molecule has 1 saturated heterocycles. The molecule has 4 nitrogen and oxygen atoms in total. The number of aliphatic hydroxyl groups is 1. The predicted molar refractivity (Wildman–Crippen MR) is 68.5 cm³/mol. The van der Waals surface area contributed by atoms with Crippen molar-refractivity contribution in [1.82, 2.24) is 4.90 Å². The second-order valence-electron chi connectivity index (χ2n) is 4.96. The Morgan fingerprint density at radius 2 is 2.06 bits per heavy atom. The van der Waals surface area contributed by atoms with Crippen LogP contribution in [-0.4, -0.2) is 42.2 Å². The molecule has 4 heteroatoms. The highest BCUT2D eigenvalue weighted by atomic mass is 16.3. The van der Waals surface area contributed by atoms with E-state index in [2.05, 4.69) is 0 Å². The molecule has 0 aliphatic carbocycles. The van der Waals surface area contributed by atoms with E-state index in [9.17, 15) is 4.79 Å². The second-order valence-corrected chi connectivity index (χ2v) is 4.96. The largest absolute Gasteiger partial charge is 0.396 e. The van der Waals surface area contributed by atoms with Gasteiger partial charge in [0.05, 0.1) is 0 Å². The molecule has 17 heavy (non-hydrogen) atoms. The van der Waals surface area contributed by atoms with Crippen molar-refractivity contribution in [2.75, 3.05) is 26.2 Å². The lowest BCUT2D eigenvalue weighted by Gasteiger charge is -2.16. The van der Waals surface area contributed by atoms with E-state index in [0.717, 1.165) is 58.2 Å². The second kappa shape index (κ2) is 8.48. The Hall–Kier alpha value is -0.610. The topological polar surface area (TPSA) is 66.6 Å². The van der Waals surface area contributed by atoms with E-state index in [1.165, 1.54) is 0 Å². The maximum atomic E-state index is 11.9. The molecule has 0 radical (unpaired) electrons. The van der Waals surface area contributed by atoms with E-state index in [4.69, 9.17) is 10.8 Å². The van der Waals surface area contributed by atoms with Gasteiger partial charge in [0, 0.05) is 26.1 Å². The Labute approximate surface area is 104 Å². The lowest BCUT2D eigenvalue weighted by molar-refractivity contribution is -0.130. The molecule has 0 aromatic rings. The van der Waals surface area contributed by atoms with Crippen LogP contribution in [0.3, 0.4) is 0 Å². The summed E-state index contributed by atoms with van der Waals surface area (Å²) in [6.45, 7) is 2.73. The fourth-order valence-electron chi connectivity index (χ4n) is 2.41. The molecule has 0 spiro atoms. The van der Waals surface area contributed by atoms with Gasteiger partial charge in [0.2, 0.25) is 5.91 Å². The van der Waals surface area contributed by atoms with Crippen molar-refractivity contribution in [3.63, 3.8) is 0 Å². The molecule has 1 atom stereocenters. The lowest BCUT2D eigenvalue weighted by Crippen LogP contribution is -2.28. The molecule has 3 N–H and O–H groups in total. The van der Waals surface area contributed by atoms with E-state index in [-0.39, 0.29) is 12.5 Å². The molecular weight excluding hydrogens is 216 g/mol. The Bertz CT molecular complexity index is 221. The molecule has 0 aromatic carbocycles. The van der Waals surface area contributed by atoms with Gasteiger partial charge in [-0.25, -0.2) is 0 Å². The molecule has 0 bridgehead atoms. The van der Waals surface area contributed by atoms with Gasteiger partial charge in [-0.1, -0.05) is 12.8 Å². The van der Waals surface area contributed by atoms with Crippen molar-refractivity contribution in [2.24, 2.45) is 11.7 Å². The number of amides is 1. The quantitative estimate of drug-likeness (QED) is 0.627. The average molecular weight is 242 g/mol. The zero-order chi connectivity index (χ0) is 12.5. The van der Waals surface area contributed by atoms with Crippen LogP contribution in [0.5, 0.6) is 0 Å². The Morgan fingerprint density at radius 1 is 1.29 bits per heavy atom. The Balaban J connectivity index is 2.08. The number of nitrogens with zero attached hydrogens (tertiary/aromatic N) is 1. The van der Waals surface area contributed by atoms with Crippen molar-refractivity contribution in [3.05, 3.63) is 0 Å². The van der Waals surface area contributed by atoms with Crippen LogP contribution in [0.15, 0.2) is 0 Å². The van der Waals surface area contributed by atoms with Gasteiger partial charge in [-0.3, -0.25) is 4.79 Å². The molecule has 0 saturated carbocycles. The maximum Gasteiger partial charge on any atom is 0.222 e. The molecule has 1 aliphatic heterocycles. The molecule has 1 unspecified atom stereocenters. The van der Waals surface area contributed by atoms with Crippen molar-refractivity contribution < 1.29 is 9.90 Å². The maximum absolute atomic E-state index is 11.9. The first-order valence-corrected chi connectivity index (χ1v) is 6.86. The summed E-state index contributed by atoms with van der Waals surface area (Å²) in [5.74, 6) is 0.805. The molecule has 1 aliphatic rings. The highest BCUT2D eigenvalue weighted by Gasteiger charge is 2.24. The van der Waals surface area contributed by atoms with Gasteiger partial charge in [-0.2, -0.15) is 0 Å². The number of rotatable bonds is 8. The molecular formula is C13H26N2O2. The Morgan fingerprint density at radius 3 is 2.76 bits per heavy atom. The van der Waals surface area contributed by atoms with Gasteiger partial charge < -0.3 is 15.7 Å². The van der Waals surface area contributed by atoms with Crippen LogP contribution in [0.4, 0.5) is 0 Å². The van der Waals surface area contributed by atoms with Crippen LogP contribution in [0, 0.1) is 5.92 Å². The Kier molecular flexibility index (Phi) is 7.21. The van der Waals surface area contributed by atoms with E-state index in [1.54, 1.807) is 0 Å². The van der Waals surface area contributed by atoms with Crippen LogP contribution < -0.4 is 5.73 Å². The lowest BCUT2D eigenvalue weighted by atomic mass is 10.1. The monoisotopic (exact) mass is 242 g/mol. The standard InChI is InChI=1S/C13H26N2O2/c14-8-4-2-1-3-5-13(17)15-9-6-12(11-15)7-10-16/h12,16H,1-11,14H2. The smallest absolute Gasteiger partial charge is 0.222 e. The minimum absolute atomic E-state index is 0.242. The molecule has 1 rings (SSSR count). The van der Waals surface area contributed by atoms with Crippen molar-refractivity contribution >= 4 is 5.91 Å². The number of unbranched alkanes of at least 4 members (excludes halogenated alkanes) is 3. The summed E-state index contributed by atoms with van der Waals surface area (Å²) >= 11 is 0. The SMILES string of the molecule is NCCCCCCC(=O)N1CCC(CCO)C1. The number of hydrogen-bond acceptors (Lipinski definition) is 3. The van der Waals surface area contributed by atoms with Gasteiger partial charge in [0.25, 0.3) is 0 Å². The van der Waals surface area contributed by atoms with Crippen LogP contribution in [-0.2, 0) is 4.79 Å². The van der Waals surface area contributed by atoms with Crippen LogP contribution in [0.25, 0.3) is 0 Å². The summed E-state index contributed by atoms with van der Waals surface area (Å²) in [6.07, 6.45) is 6.86. The normalized spacial score (nSPS) is 19.9. The van der Waals surface area contributed by atoms with Crippen LogP contribution in [0.2, 0.25) is 0 Å². The summed E-state index contributed by atoms with van der Waals surface area (Å²) in [5, 5.41) is 8.86. The number of carbonyl (C=O) groups is 1. The molecule has 1 heterocycles. The zero-order valence-corrected chi connectivity index (χ0v) is 10.7. The summed E-state index contributed by atoms with van der Waals surface area (Å²) < 4.78 is 0. The summed E-state index contributed by atoms with van der Waals surface area (Å²) in [7, 11) is 0. The highest BCUT2D eigenvalue weighted by Crippen LogP contribution is 2.20. The fraction of sp³-hybridized carbons (Fsp3) is 0.923. The van der Waals surface area contributed by atoms with Crippen molar-refractivity contribution in [1.29, 1.82) is 0 Å². The minimum Gasteiger partial charge on any atom is -0.396 e. The predicted octanol–water partition coefficient (Wildman–Crippen LogP) is 1.13. The van der Waals surface area contributed by atoms with E-state index < -0.39 is 0 Å². The average Bonchev–Trinajstić information content (AvgIpc) is 2.78. The van der Waals surface area contributed by atoms with Crippen molar-refractivity contribution in [2.45, 2.75) is 44.9 Å². The molecule has 1 fully saturated rings. The first-order valence-electron chi connectivity index (χ1n) is 6.86. The van der Waals surface area contributed by atoms with Gasteiger partial charge in [0.1, 0.15) is 0 Å². The fourth-order valence-corrected chi connectivity index (χ4v) is 2.41. The third-order valence-electron chi connectivity index (χ3n) is 3.52. The number of carbonyl (C=O) groups excluding carboxylic acids is 1. The highest BCUT2D eigenvalue weighted by molar-refractivity contribution is 5.76. The number of hydrogen-bond donors (Lipinski definition) is 2. The number of aliphatic hydroxyl groups excluding tert-OH is 1. The minimum atomic E-state index is 0.242. The number of nitrogens with two attached hydrogens (primary N) is 1. The third kappa shape index (κ3) is 5.50. The summed E-state index contributed by atoms with van der Waals surface area (Å²) in [4.78, 5) is 13.8. The first-order chi connectivity index (χ1) is 8.27. The zero-order valence-electron chi connectivity index (χ0n) is 10.7. The van der Waals surface area contributed by atoms with Gasteiger partial charge in [0.15, 0.2) is 0 Å². The van der Waals surface area contributed by atoms with Gasteiger partial charge >= 0.3 is 0 Å². The van der Waals surface area contributed by atoms with Gasteiger partial charge in [-0.05, 0) is 38.1 Å². The first kappa shape index (κ1) is 14.5. The van der Waals surface area contributed by atoms with E-state index in [1.807, 2.05) is 4.90 Å². The molecule has 0 aromatic heterocycles. The number of likely N-dealkylation sites (tertiary alicyclic amines) is 1. The van der Waals surface area contributed by atoms with E-state index in [0.29, 0.717) is 12.3 Å². The summed E-state index contributed by atoms with van der Waals surface area (Å²) in [6, 6.07) is 0. The molecule has 1 amide bonds. The van der Waals surface area contributed by atoms with E-state index >= 15 is 0 Å². The van der Waals surface area contributed by atoms with Crippen LogP contribution in [0.1, 0.15) is 44.9 Å².